The Labute approximate surface area is 149 Å². The van der Waals surface area contributed by atoms with Crippen LogP contribution in [0.25, 0.3) is 10.4 Å². The number of aromatic amines is 1. The number of rotatable bonds is 6. The zero-order valence-corrected chi connectivity index (χ0v) is 15.8. The fourth-order valence-electron chi connectivity index (χ4n) is 2.40. The average Bonchev–Trinajstić information content (AvgIpc) is 2.90. The van der Waals surface area contributed by atoms with Gasteiger partial charge >= 0.3 is 14.4 Å². The lowest BCUT2D eigenvalue weighted by Crippen LogP contribution is -2.33. The highest BCUT2D eigenvalue weighted by Gasteiger charge is 2.37. The lowest BCUT2D eigenvalue weighted by molar-refractivity contribution is -0.0264. The summed E-state index contributed by atoms with van der Waals surface area (Å²) in [6, 6.07) is -0.651. The molecule has 12 heteroatoms. The Hall–Kier alpha value is -1.77. The first kappa shape index (κ1) is 20.5. The summed E-state index contributed by atoms with van der Waals surface area (Å²) in [5.74, 6) is 0. The molecule has 1 saturated heterocycles. The van der Waals surface area contributed by atoms with E-state index in [1.54, 1.807) is 27.7 Å². The maximum atomic E-state index is 13.8. The van der Waals surface area contributed by atoms with Crippen LogP contribution in [0.15, 0.2) is 20.9 Å². The van der Waals surface area contributed by atoms with Crippen molar-refractivity contribution in [1.82, 2.24) is 9.55 Å². The molecule has 0 aromatic carbocycles. The molecule has 1 aromatic rings. The lowest BCUT2D eigenvalue weighted by atomic mass is 10.1. The molecule has 0 amide bonds. The van der Waals surface area contributed by atoms with Crippen molar-refractivity contribution in [3.63, 3.8) is 0 Å². The third kappa shape index (κ3) is 5.36. The summed E-state index contributed by atoms with van der Waals surface area (Å²) in [5.41, 5.74) is 7.22. The summed E-state index contributed by atoms with van der Waals surface area (Å²) in [5, 5.41) is 3.64. The quantitative estimate of drug-likeness (QED) is 0.346. The Morgan fingerprint density at radius 2 is 2.23 bits per heavy atom. The third-order valence-corrected chi connectivity index (χ3v) is 4.59. The molecule has 0 saturated carbocycles. The second-order valence-electron chi connectivity index (χ2n) is 6.83. The molecular formula is C14H21FN5O5P. The van der Waals surface area contributed by atoms with Gasteiger partial charge in [0.2, 0.25) is 0 Å². The highest BCUT2D eigenvalue weighted by atomic mass is 31.2. The molecule has 2 rings (SSSR count). The number of nitrogens with zero attached hydrogens (tertiary/aromatic N) is 4. The van der Waals surface area contributed by atoms with E-state index in [-0.39, 0.29) is 13.0 Å². The number of hydrogen-bond donors (Lipinski definition) is 1. The lowest BCUT2D eigenvalue weighted by Gasteiger charge is -2.22. The van der Waals surface area contributed by atoms with Crippen LogP contribution < -0.4 is 11.2 Å². The van der Waals surface area contributed by atoms with E-state index in [4.69, 9.17) is 19.3 Å². The van der Waals surface area contributed by atoms with Crippen molar-refractivity contribution >= 4 is 8.69 Å². The van der Waals surface area contributed by atoms with Gasteiger partial charge in [-0.25, -0.2) is 4.79 Å². The minimum atomic E-state index is -2.63. The first-order valence-electron chi connectivity index (χ1n) is 7.90. The number of ether oxygens (including phenoxy) is 1. The van der Waals surface area contributed by atoms with E-state index in [9.17, 15) is 13.8 Å². The SMILES string of the molecule is Cc1cn([C@H]2C[C@H](N=[N+]=[N-])[C@@H](COP(F)OC(C)(C)C)O2)c(=O)[nH]c1=O. The Morgan fingerprint density at radius 1 is 1.54 bits per heavy atom. The Balaban J connectivity index is 2.11. The highest BCUT2D eigenvalue weighted by molar-refractivity contribution is 7.41. The van der Waals surface area contributed by atoms with Crippen molar-refractivity contribution in [2.24, 2.45) is 5.11 Å². The van der Waals surface area contributed by atoms with Crippen LogP contribution in [0, 0.1) is 6.92 Å². The van der Waals surface area contributed by atoms with E-state index >= 15 is 0 Å². The van der Waals surface area contributed by atoms with Gasteiger partial charge in [-0.1, -0.05) is 5.11 Å². The summed E-state index contributed by atoms with van der Waals surface area (Å²) in [4.78, 5) is 28.4. The zero-order valence-electron chi connectivity index (χ0n) is 14.9. The predicted octanol–water partition coefficient (Wildman–Crippen LogP) is 2.84. The molecule has 1 aromatic heterocycles. The first-order chi connectivity index (χ1) is 12.1. The van der Waals surface area contributed by atoms with E-state index in [2.05, 4.69) is 15.0 Å². The van der Waals surface area contributed by atoms with Gasteiger partial charge in [-0.3, -0.25) is 14.3 Å². The molecule has 26 heavy (non-hydrogen) atoms. The topological polar surface area (TPSA) is 131 Å². The number of hydrogen-bond acceptors (Lipinski definition) is 6. The molecule has 1 N–H and O–H groups in total. The van der Waals surface area contributed by atoms with Crippen LogP contribution in [0.5, 0.6) is 0 Å². The van der Waals surface area contributed by atoms with E-state index in [0.717, 1.165) is 0 Å². The van der Waals surface area contributed by atoms with Gasteiger partial charge in [0.25, 0.3) is 5.56 Å². The number of halogens is 1. The molecule has 1 aliphatic heterocycles. The van der Waals surface area contributed by atoms with Crippen molar-refractivity contribution in [3.05, 3.63) is 43.0 Å². The Morgan fingerprint density at radius 3 is 2.85 bits per heavy atom. The van der Waals surface area contributed by atoms with Crippen LogP contribution in [0.3, 0.4) is 0 Å². The number of aromatic nitrogens is 2. The minimum Gasteiger partial charge on any atom is -0.352 e. The van der Waals surface area contributed by atoms with Crippen LogP contribution in [-0.2, 0) is 13.8 Å². The summed E-state index contributed by atoms with van der Waals surface area (Å²) >= 11 is 0. The zero-order chi connectivity index (χ0) is 19.5. The van der Waals surface area contributed by atoms with E-state index in [1.165, 1.54) is 10.8 Å². The second kappa shape index (κ2) is 8.28. The van der Waals surface area contributed by atoms with Crippen molar-refractivity contribution in [2.45, 2.75) is 58.1 Å². The summed E-state index contributed by atoms with van der Waals surface area (Å²) in [6.45, 7) is 6.44. The van der Waals surface area contributed by atoms with Gasteiger partial charge in [0, 0.05) is 23.1 Å². The summed E-state index contributed by atoms with van der Waals surface area (Å²) in [7, 11) is -2.63. The Bertz CT molecular complexity index is 800. The van der Waals surface area contributed by atoms with Crippen molar-refractivity contribution < 1.29 is 18.0 Å². The van der Waals surface area contributed by atoms with Crippen molar-refractivity contribution in [1.29, 1.82) is 0 Å². The molecule has 2 heterocycles. The monoisotopic (exact) mass is 389 g/mol. The smallest absolute Gasteiger partial charge is 0.352 e. The van der Waals surface area contributed by atoms with Crippen LogP contribution in [0.2, 0.25) is 0 Å². The number of nitrogens with one attached hydrogen (secondary N) is 1. The number of azide groups is 1. The molecule has 0 spiro atoms. The highest BCUT2D eigenvalue weighted by Crippen LogP contribution is 2.45. The molecule has 144 valence electrons. The van der Waals surface area contributed by atoms with Gasteiger partial charge in [-0.05, 0) is 33.2 Å². The van der Waals surface area contributed by atoms with Crippen LogP contribution >= 0.6 is 8.69 Å². The largest absolute Gasteiger partial charge is 0.375 e. The average molecular weight is 389 g/mol. The number of aryl methyl sites for hydroxylation is 1. The molecule has 1 unspecified atom stereocenters. The van der Waals surface area contributed by atoms with Gasteiger partial charge in [0.1, 0.15) is 6.23 Å². The molecule has 0 aliphatic carbocycles. The maximum absolute atomic E-state index is 13.8. The maximum Gasteiger partial charge on any atom is 0.375 e. The van der Waals surface area contributed by atoms with Gasteiger partial charge in [0.15, 0.2) is 0 Å². The van der Waals surface area contributed by atoms with E-state index in [0.29, 0.717) is 5.56 Å². The predicted molar refractivity (Wildman–Crippen MR) is 92.3 cm³/mol. The summed E-state index contributed by atoms with van der Waals surface area (Å²) in [6.07, 6.45) is 0.0386. The second-order valence-corrected chi connectivity index (χ2v) is 7.69. The molecule has 4 atom stereocenters. The molecule has 1 aliphatic rings. The fourth-order valence-corrected chi connectivity index (χ4v) is 3.14. The van der Waals surface area contributed by atoms with Crippen LogP contribution in [0.4, 0.5) is 4.20 Å². The summed E-state index contributed by atoms with van der Waals surface area (Å²) < 4.78 is 30.9. The number of H-pyrrole nitrogens is 1. The van der Waals surface area contributed by atoms with Gasteiger partial charge in [0.05, 0.1) is 24.4 Å². The van der Waals surface area contributed by atoms with Gasteiger partial charge < -0.3 is 13.8 Å². The molecular weight excluding hydrogens is 368 g/mol. The van der Waals surface area contributed by atoms with Crippen molar-refractivity contribution in [3.8, 4) is 0 Å². The standard InChI is InChI=1S/C14H21FN5O5P/c1-8-6-20(13(22)17-12(8)21)11-5-9(18-19-16)10(24-11)7-23-26(15)25-14(2,3)4/h6,9-11H,5,7H2,1-4H3,(H,17,21,22)/t9-,10+,11+,26?/m0/s1. The van der Waals surface area contributed by atoms with Crippen molar-refractivity contribution in [2.75, 3.05) is 6.61 Å². The fraction of sp³-hybridized carbons (Fsp3) is 0.714. The van der Waals surface area contributed by atoms with Crippen LogP contribution in [0.1, 0.15) is 39.0 Å². The molecule has 0 radical (unpaired) electrons. The van der Waals surface area contributed by atoms with Crippen LogP contribution in [-0.4, -0.2) is 33.9 Å². The molecule has 0 bridgehead atoms. The molecule has 1 fully saturated rings. The van der Waals surface area contributed by atoms with E-state index in [1.807, 2.05) is 0 Å². The first-order valence-corrected chi connectivity index (χ1v) is 8.97. The van der Waals surface area contributed by atoms with Gasteiger partial charge in [-0.2, -0.15) is 4.20 Å². The van der Waals surface area contributed by atoms with Gasteiger partial charge in [-0.15, -0.1) is 0 Å². The third-order valence-electron chi connectivity index (χ3n) is 3.55. The molecule has 10 nitrogen and oxygen atoms in total. The Kier molecular flexibility index (Phi) is 6.54. The normalized spacial score (nSPS) is 24.3. The van der Waals surface area contributed by atoms with E-state index < -0.39 is 43.9 Å². The minimum absolute atomic E-state index is 0.188.